The molecule has 1 saturated carbocycles. The van der Waals surface area contributed by atoms with E-state index in [0.717, 1.165) is 24.2 Å². The zero-order valence-corrected chi connectivity index (χ0v) is 11.8. The number of carbonyl (C=O) groups is 1. The molecule has 1 aromatic carbocycles. The number of amides is 1. The number of nitrogens with zero attached hydrogens (tertiary/aromatic N) is 1. The standard InChI is InChI=1S/C15H22N2O3/c1-20-14-5-3-2-4-12(14)10-16-15(19)11-17(8-9-18)13-6-7-13/h2-5,13,18H,6-11H2,1H3,(H,16,19). The summed E-state index contributed by atoms with van der Waals surface area (Å²) in [5.41, 5.74) is 0.962. The van der Waals surface area contributed by atoms with E-state index in [4.69, 9.17) is 9.84 Å². The van der Waals surface area contributed by atoms with E-state index < -0.39 is 0 Å². The van der Waals surface area contributed by atoms with E-state index in [9.17, 15) is 4.79 Å². The number of methoxy groups -OCH3 is 1. The van der Waals surface area contributed by atoms with Crippen molar-refractivity contribution in [3.05, 3.63) is 29.8 Å². The van der Waals surface area contributed by atoms with Crippen molar-refractivity contribution in [1.82, 2.24) is 10.2 Å². The molecule has 20 heavy (non-hydrogen) atoms. The summed E-state index contributed by atoms with van der Waals surface area (Å²) in [5, 5.41) is 11.9. The van der Waals surface area contributed by atoms with E-state index in [-0.39, 0.29) is 12.5 Å². The van der Waals surface area contributed by atoms with Crippen LogP contribution in [0.3, 0.4) is 0 Å². The van der Waals surface area contributed by atoms with Gasteiger partial charge in [-0.25, -0.2) is 0 Å². The summed E-state index contributed by atoms with van der Waals surface area (Å²) in [7, 11) is 1.62. The number of ether oxygens (including phenoxy) is 1. The van der Waals surface area contributed by atoms with Crippen molar-refractivity contribution >= 4 is 5.91 Å². The van der Waals surface area contributed by atoms with Crippen molar-refractivity contribution in [2.24, 2.45) is 0 Å². The molecular formula is C15H22N2O3. The molecule has 0 radical (unpaired) electrons. The van der Waals surface area contributed by atoms with Crippen LogP contribution in [-0.4, -0.2) is 48.8 Å². The van der Waals surface area contributed by atoms with Gasteiger partial charge in [0.05, 0.1) is 20.3 Å². The molecule has 0 heterocycles. The maximum atomic E-state index is 12.0. The van der Waals surface area contributed by atoms with E-state index in [0.29, 0.717) is 25.7 Å². The summed E-state index contributed by atoms with van der Waals surface area (Å²) in [6.07, 6.45) is 2.25. The lowest BCUT2D eigenvalue weighted by atomic mass is 10.2. The molecule has 1 aliphatic rings. The molecule has 0 atom stereocenters. The summed E-state index contributed by atoms with van der Waals surface area (Å²) in [4.78, 5) is 14.0. The Balaban J connectivity index is 1.82. The molecule has 0 aliphatic heterocycles. The first-order valence-corrected chi connectivity index (χ1v) is 6.98. The molecule has 0 saturated heterocycles. The van der Waals surface area contributed by atoms with Crippen molar-refractivity contribution in [1.29, 1.82) is 0 Å². The average Bonchev–Trinajstić information content (AvgIpc) is 3.29. The summed E-state index contributed by atoms with van der Waals surface area (Å²) < 4.78 is 5.25. The van der Waals surface area contributed by atoms with Gasteiger partial charge < -0.3 is 15.2 Å². The molecule has 0 unspecified atom stereocenters. The van der Waals surface area contributed by atoms with Crippen LogP contribution in [0.25, 0.3) is 0 Å². The van der Waals surface area contributed by atoms with Gasteiger partial charge in [0, 0.05) is 24.7 Å². The predicted molar refractivity (Wildman–Crippen MR) is 76.5 cm³/mol. The first-order valence-electron chi connectivity index (χ1n) is 6.98. The largest absolute Gasteiger partial charge is 0.496 e. The van der Waals surface area contributed by atoms with Crippen LogP contribution in [0.1, 0.15) is 18.4 Å². The molecule has 110 valence electrons. The smallest absolute Gasteiger partial charge is 0.234 e. The van der Waals surface area contributed by atoms with Gasteiger partial charge in [-0.3, -0.25) is 9.69 Å². The lowest BCUT2D eigenvalue weighted by Gasteiger charge is -2.20. The Morgan fingerprint density at radius 2 is 2.20 bits per heavy atom. The van der Waals surface area contributed by atoms with E-state index in [1.54, 1.807) is 7.11 Å². The molecule has 2 N–H and O–H groups in total. The van der Waals surface area contributed by atoms with Crippen molar-refractivity contribution in [2.45, 2.75) is 25.4 Å². The first kappa shape index (κ1) is 14.8. The van der Waals surface area contributed by atoms with E-state index in [1.165, 1.54) is 0 Å². The monoisotopic (exact) mass is 278 g/mol. The Bertz CT molecular complexity index is 446. The number of aliphatic hydroxyl groups is 1. The zero-order valence-electron chi connectivity index (χ0n) is 11.8. The molecule has 2 rings (SSSR count). The van der Waals surface area contributed by atoms with Crippen molar-refractivity contribution in [3.63, 3.8) is 0 Å². The number of hydrogen-bond donors (Lipinski definition) is 2. The molecule has 0 bridgehead atoms. The van der Waals surface area contributed by atoms with E-state index in [1.807, 2.05) is 29.2 Å². The fraction of sp³-hybridized carbons (Fsp3) is 0.533. The van der Waals surface area contributed by atoms with Gasteiger partial charge in [0.15, 0.2) is 0 Å². The number of nitrogens with one attached hydrogen (secondary N) is 1. The number of para-hydroxylation sites is 1. The molecule has 0 spiro atoms. The van der Waals surface area contributed by atoms with Crippen LogP contribution < -0.4 is 10.1 Å². The Morgan fingerprint density at radius 3 is 2.85 bits per heavy atom. The summed E-state index contributed by atoms with van der Waals surface area (Å²) in [6, 6.07) is 8.11. The molecule has 1 amide bonds. The van der Waals surface area contributed by atoms with Gasteiger partial charge in [-0.05, 0) is 18.9 Å². The van der Waals surface area contributed by atoms with E-state index in [2.05, 4.69) is 5.32 Å². The summed E-state index contributed by atoms with van der Waals surface area (Å²) >= 11 is 0. The second-order valence-electron chi connectivity index (χ2n) is 5.01. The van der Waals surface area contributed by atoms with Crippen LogP contribution in [0.2, 0.25) is 0 Å². The molecule has 1 aromatic rings. The highest BCUT2D eigenvalue weighted by molar-refractivity contribution is 5.78. The van der Waals surface area contributed by atoms with Crippen LogP contribution in [0.15, 0.2) is 24.3 Å². The van der Waals surface area contributed by atoms with Gasteiger partial charge in [0.1, 0.15) is 5.75 Å². The van der Waals surface area contributed by atoms with Crippen molar-refractivity contribution in [2.75, 3.05) is 26.8 Å². The molecular weight excluding hydrogens is 256 g/mol. The Hall–Kier alpha value is -1.59. The van der Waals surface area contributed by atoms with Gasteiger partial charge >= 0.3 is 0 Å². The van der Waals surface area contributed by atoms with E-state index >= 15 is 0 Å². The second kappa shape index (κ2) is 7.26. The van der Waals surface area contributed by atoms with Crippen LogP contribution in [0.5, 0.6) is 5.75 Å². The van der Waals surface area contributed by atoms with Gasteiger partial charge in [0.2, 0.25) is 5.91 Å². The van der Waals surface area contributed by atoms with Gasteiger partial charge in [-0.15, -0.1) is 0 Å². The van der Waals surface area contributed by atoms with Crippen LogP contribution in [0, 0.1) is 0 Å². The fourth-order valence-electron chi connectivity index (χ4n) is 2.24. The minimum Gasteiger partial charge on any atom is -0.496 e. The fourth-order valence-corrected chi connectivity index (χ4v) is 2.24. The third kappa shape index (κ3) is 4.21. The van der Waals surface area contributed by atoms with Gasteiger partial charge in [0.25, 0.3) is 0 Å². The third-order valence-corrected chi connectivity index (χ3v) is 3.47. The molecule has 1 fully saturated rings. The number of aliphatic hydroxyl groups excluding tert-OH is 1. The normalized spacial score (nSPS) is 14.3. The number of benzene rings is 1. The number of carbonyl (C=O) groups excluding carboxylic acids is 1. The van der Waals surface area contributed by atoms with Crippen molar-refractivity contribution in [3.8, 4) is 5.75 Å². The van der Waals surface area contributed by atoms with Gasteiger partial charge in [-0.2, -0.15) is 0 Å². The maximum Gasteiger partial charge on any atom is 0.234 e. The summed E-state index contributed by atoms with van der Waals surface area (Å²) in [5.74, 6) is 0.762. The summed E-state index contributed by atoms with van der Waals surface area (Å²) in [6.45, 7) is 1.46. The maximum absolute atomic E-state index is 12.0. The van der Waals surface area contributed by atoms with Crippen LogP contribution in [0.4, 0.5) is 0 Å². The molecule has 0 aromatic heterocycles. The minimum absolute atomic E-state index is 0.0174. The number of hydrogen-bond acceptors (Lipinski definition) is 4. The zero-order chi connectivity index (χ0) is 14.4. The second-order valence-corrected chi connectivity index (χ2v) is 5.01. The highest BCUT2D eigenvalue weighted by Gasteiger charge is 2.29. The Kier molecular flexibility index (Phi) is 5.38. The topological polar surface area (TPSA) is 61.8 Å². The van der Waals surface area contributed by atoms with Crippen LogP contribution >= 0.6 is 0 Å². The molecule has 5 heteroatoms. The molecule has 5 nitrogen and oxygen atoms in total. The third-order valence-electron chi connectivity index (χ3n) is 3.47. The highest BCUT2D eigenvalue weighted by Crippen LogP contribution is 2.26. The van der Waals surface area contributed by atoms with Gasteiger partial charge in [-0.1, -0.05) is 18.2 Å². The number of rotatable bonds is 8. The first-order chi connectivity index (χ1) is 9.74. The lowest BCUT2D eigenvalue weighted by molar-refractivity contribution is -0.122. The molecule has 1 aliphatic carbocycles. The minimum atomic E-state index is -0.0174. The lowest BCUT2D eigenvalue weighted by Crippen LogP contribution is -2.39. The quantitative estimate of drug-likeness (QED) is 0.737. The SMILES string of the molecule is COc1ccccc1CNC(=O)CN(CCO)C1CC1. The Morgan fingerprint density at radius 1 is 1.45 bits per heavy atom. The predicted octanol–water partition coefficient (Wildman–Crippen LogP) is 0.768. The average molecular weight is 278 g/mol. The van der Waals surface area contributed by atoms with Crippen molar-refractivity contribution < 1.29 is 14.6 Å². The highest BCUT2D eigenvalue weighted by atomic mass is 16.5. The van der Waals surface area contributed by atoms with Crippen LogP contribution in [-0.2, 0) is 11.3 Å². The Labute approximate surface area is 119 Å².